The van der Waals surface area contributed by atoms with Crippen LogP contribution in [-0.4, -0.2) is 8.32 Å². The number of hydrogen-bond acceptors (Lipinski definition) is 2. The zero-order valence-electron chi connectivity index (χ0n) is 12.9. The fourth-order valence-electron chi connectivity index (χ4n) is 2.88. The Balaban J connectivity index is 0.00000200. The molecular weight excluding hydrogens is 286 g/mol. The molecule has 2 N–H and O–H groups in total. The number of halogens is 1. The van der Waals surface area contributed by atoms with E-state index in [2.05, 4.69) is 43.9 Å². The number of hydrogen-bond donors (Lipinski definition) is 1. The van der Waals surface area contributed by atoms with Crippen LogP contribution >= 0.6 is 12.4 Å². The van der Waals surface area contributed by atoms with Crippen molar-refractivity contribution in [1.82, 2.24) is 0 Å². The van der Waals surface area contributed by atoms with Crippen LogP contribution < -0.4 is 10.2 Å². The van der Waals surface area contributed by atoms with E-state index < -0.39 is 8.32 Å². The summed E-state index contributed by atoms with van der Waals surface area (Å²) >= 11 is 0. The molecule has 0 spiro atoms. The highest BCUT2D eigenvalue weighted by atomic mass is 35.5. The largest absolute Gasteiger partial charge is 0.544 e. The van der Waals surface area contributed by atoms with Gasteiger partial charge in [-0.1, -0.05) is 31.4 Å². The first-order valence-corrected chi connectivity index (χ1v) is 10.9. The zero-order valence-corrected chi connectivity index (χ0v) is 14.7. The lowest BCUT2D eigenvalue weighted by Crippen LogP contribution is -2.29. The highest BCUT2D eigenvalue weighted by Gasteiger charge is 2.22. The fourth-order valence-corrected chi connectivity index (χ4v) is 3.72. The van der Waals surface area contributed by atoms with Gasteiger partial charge >= 0.3 is 0 Å². The van der Waals surface area contributed by atoms with Gasteiger partial charge in [-0.15, -0.1) is 12.4 Å². The molecule has 0 saturated heterocycles. The normalized spacial score (nSPS) is 18.2. The Morgan fingerprint density at radius 2 is 1.60 bits per heavy atom. The van der Waals surface area contributed by atoms with Gasteiger partial charge in [0.05, 0.1) is 0 Å². The van der Waals surface area contributed by atoms with Gasteiger partial charge in [-0.05, 0) is 56.1 Å². The van der Waals surface area contributed by atoms with Crippen LogP contribution in [0.15, 0.2) is 24.3 Å². The maximum atomic E-state index is 6.41. The number of rotatable bonds is 4. The predicted molar refractivity (Wildman–Crippen MR) is 91.2 cm³/mol. The topological polar surface area (TPSA) is 35.2 Å². The molecule has 114 valence electrons. The van der Waals surface area contributed by atoms with Crippen LogP contribution in [0.3, 0.4) is 0 Å². The number of nitrogens with two attached hydrogens (primary N) is 1. The van der Waals surface area contributed by atoms with Crippen LogP contribution in [0, 0.1) is 5.92 Å². The summed E-state index contributed by atoms with van der Waals surface area (Å²) in [5, 5.41) is 0. The molecule has 0 radical (unpaired) electrons. The van der Waals surface area contributed by atoms with Crippen LogP contribution in [0.5, 0.6) is 5.75 Å². The molecular formula is C16H28ClNOSi. The molecule has 1 fully saturated rings. The van der Waals surface area contributed by atoms with Crippen LogP contribution in [0.4, 0.5) is 0 Å². The summed E-state index contributed by atoms with van der Waals surface area (Å²) in [6.45, 7) is 6.61. The maximum absolute atomic E-state index is 6.41. The van der Waals surface area contributed by atoms with Crippen LogP contribution in [0.1, 0.15) is 43.7 Å². The highest BCUT2D eigenvalue weighted by Crippen LogP contribution is 2.33. The van der Waals surface area contributed by atoms with Gasteiger partial charge in [-0.25, -0.2) is 0 Å². The molecule has 1 aromatic carbocycles. The summed E-state index contributed by atoms with van der Waals surface area (Å²) in [6, 6.07) is 8.65. The molecule has 0 aliphatic heterocycles. The van der Waals surface area contributed by atoms with Crippen molar-refractivity contribution in [2.45, 2.75) is 57.8 Å². The van der Waals surface area contributed by atoms with E-state index >= 15 is 0 Å². The van der Waals surface area contributed by atoms with Gasteiger partial charge in [0.2, 0.25) is 8.32 Å². The van der Waals surface area contributed by atoms with Crippen molar-refractivity contribution in [3.05, 3.63) is 29.8 Å². The average Bonchev–Trinajstić information content (AvgIpc) is 2.38. The first-order chi connectivity index (χ1) is 8.96. The SMILES string of the molecule is C[Si](C)(C)Oc1ccc([C@@H](N)C2CCCCC2)cc1.Cl. The first kappa shape index (κ1) is 17.5. The van der Waals surface area contributed by atoms with E-state index in [1.165, 1.54) is 37.7 Å². The van der Waals surface area contributed by atoms with Crippen molar-refractivity contribution in [3.63, 3.8) is 0 Å². The molecule has 0 amide bonds. The van der Waals surface area contributed by atoms with E-state index in [4.69, 9.17) is 10.2 Å². The molecule has 0 aromatic heterocycles. The molecule has 0 unspecified atom stereocenters. The van der Waals surface area contributed by atoms with Gasteiger partial charge in [0.25, 0.3) is 0 Å². The molecule has 0 heterocycles. The lowest BCUT2D eigenvalue weighted by atomic mass is 9.81. The van der Waals surface area contributed by atoms with Crippen molar-refractivity contribution in [2.75, 3.05) is 0 Å². The summed E-state index contributed by atoms with van der Waals surface area (Å²) in [6.07, 6.45) is 6.64. The first-order valence-electron chi connectivity index (χ1n) is 7.50. The minimum absolute atomic E-state index is 0. The quantitative estimate of drug-likeness (QED) is 0.802. The minimum atomic E-state index is -1.51. The van der Waals surface area contributed by atoms with E-state index in [1.807, 2.05) is 0 Å². The second-order valence-electron chi connectivity index (χ2n) is 6.71. The summed E-state index contributed by atoms with van der Waals surface area (Å²) in [5.41, 5.74) is 7.67. The maximum Gasteiger partial charge on any atom is 0.242 e. The second-order valence-corrected chi connectivity index (χ2v) is 11.1. The zero-order chi connectivity index (χ0) is 13.9. The van der Waals surface area contributed by atoms with Crippen LogP contribution in [0.2, 0.25) is 19.6 Å². The summed E-state index contributed by atoms with van der Waals surface area (Å²) in [7, 11) is -1.51. The van der Waals surface area contributed by atoms with E-state index in [-0.39, 0.29) is 18.4 Å². The fraction of sp³-hybridized carbons (Fsp3) is 0.625. The highest BCUT2D eigenvalue weighted by molar-refractivity contribution is 6.70. The Kier molecular flexibility index (Phi) is 6.56. The Morgan fingerprint density at radius 3 is 2.10 bits per heavy atom. The van der Waals surface area contributed by atoms with Gasteiger partial charge in [0.1, 0.15) is 5.75 Å². The Morgan fingerprint density at radius 1 is 1.05 bits per heavy atom. The van der Waals surface area contributed by atoms with Gasteiger partial charge in [0, 0.05) is 6.04 Å². The molecule has 4 heteroatoms. The van der Waals surface area contributed by atoms with Crippen molar-refractivity contribution in [2.24, 2.45) is 11.7 Å². The van der Waals surface area contributed by atoms with Gasteiger partial charge in [-0.2, -0.15) is 0 Å². The lowest BCUT2D eigenvalue weighted by Gasteiger charge is -2.28. The number of benzene rings is 1. The van der Waals surface area contributed by atoms with Gasteiger partial charge in [0.15, 0.2) is 0 Å². The standard InChI is InChI=1S/C16H27NOSi.ClH/c1-19(2,3)18-15-11-9-14(10-12-15)16(17)13-7-5-4-6-8-13;/h9-13,16H,4-8,17H2,1-3H3;1H/t16-;/m0./s1. The third-order valence-electron chi connectivity index (χ3n) is 3.85. The Bertz CT molecular complexity index is 396. The van der Waals surface area contributed by atoms with Gasteiger partial charge in [-0.3, -0.25) is 0 Å². The smallest absolute Gasteiger partial charge is 0.242 e. The van der Waals surface area contributed by atoms with E-state index in [0.29, 0.717) is 5.92 Å². The molecule has 1 aliphatic carbocycles. The Hall–Kier alpha value is -0.513. The van der Waals surface area contributed by atoms with E-state index in [9.17, 15) is 0 Å². The van der Waals surface area contributed by atoms with Crippen LogP contribution in [0.25, 0.3) is 0 Å². The monoisotopic (exact) mass is 313 g/mol. The van der Waals surface area contributed by atoms with Crippen molar-refractivity contribution in [3.8, 4) is 5.75 Å². The molecule has 1 aromatic rings. The van der Waals surface area contributed by atoms with E-state index in [1.54, 1.807) is 0 Å². The third kappa shape index (κ3) is 5.11. The van der Waals surface area contributed by atoms with E-state index in [0.717, 1.165) is 5.75 Å². The molecule has 1 aliphatic rings. The van der Waals surface area contributed by atoms with Crippen molar-refractivity contribution >= 4 is 20.7 Å². The van der Waals surface area contributed by atoms with Crippen molar-refractivity contribution in [1.29, 1.82) is 0 Å². The lowest BCUT2D eigenvalue weighted by molar-refractivity contribution is 0.308. The summed E-state index contributed by atoms with van der Waals surface area (Å²) in [4.78, 5) is 0. The molecule has 2 nitrogen and oxygen atoms in total. The minimum Gasteiger partial charge on any atom is -0.544 e. The summed E-state index contributed by atoms with van der Waals surface area (Å²) < 4.78 is 5.98. The molecule has 0 bridgehead atoms. The predicted octanol–water partition coefficient (Wildman–Crippen LogP) is 4.90. The third-order valence-corrected chi connectivity index (χ3v) is 4.69. The molecule has 1 saturated carbocycles. The second kappa shape index (κ2) is 7.48. The Labute approximate surface area is 130 Å². The van der Waals surface area contributed by atoms with Crippen LogP contribution in [-0.2, 0) is 0 Å². The molecule has 1 atom stereocenters. The molecule has 20 heavy (non-hydrogen) atoms. The molecule has 2 rings (SSSR count). The summed E-state index contributed by atoms with van der Waals surface area (Å²) in [5.74, 6) is 1.65. The average molecular weight is 314 g/mol. The van der Waals surface area contributed by atoms with Crippen molar-refractivity contribution < 1.29 is 4.43 Å². The van der Waals surface area contributed by atoms with Gasteiger partial charge < -0.3 is 10.2 Å².